The predicted molar refractivity (Wildman–Crippen MR) is 94.9 cm³/mol. The van der Waals surface area contributed by atoms with Crippen LogP contribution in [0.4, 0.5) is 4.79 Å². The Labute approximate surface area is 150 Å². The lowest BCUT2D eigenvalue weighted by atomic mass is 10.0. The second kappa shape index (κ2) is 7.74. The highest BCUT2D eigenvalue weighted by atomic mass is 32.2. The molecule has 1 amide bonds. The highest BCUT2D eigenvalue weighted by molar-refractivity contribution is 7.86. The lowest BCUT2D eigenvalue weighted by molar-refractivity contribution is 0.00388. The van der Waals surface area contributed by atoms with E-state index in [1.54, 1.807) is 17.0 Å². The second-order valence-corrected chi connectivity index (χ2v) is 8.99. The maximum Gasteiger partial charge on any atom is 0.410 e. The molecule has 1 aromatic rings. The number of ether oxygens (including phenoxy) is 1. The molecular weight excluding hydrogens is 342 g/mol. The Bertz CT molecular complexity index is 691. The van der Waals surface area contributed by atoms with Crippen molar-refractivity contribution in [1.82, 2.24) is 4.90 Å². The van der Waals surface area contributed by atoms with E-state index in [0.29, 0.717) is 13.0 Å². The first kappa shape index (κ1) is 19.7. The Balaban J connectivity index is 2.03. The Hall–Kier alpha value is -1.60. The van der Waals surface area contributed by atoms with Crippen molar-refractivity contribution in [3.05, 3.63) is 29.8 Å². The van der Waals surface area contributed by atoms with Crippen molar-refractivity contribution < 1.29 is 22.1 Å². The third-order valence-corrected chi connectivity index (χ3v) is 5.28. The number of benzene rings is 1. The molecule has 1 aliphatic rings. The summed E-state index contributed by atoms with van der Waals surface area (Å²) in [5, 5.41) is 0. The number of likely N-dealkylation sites (tertiary alicyclic amines) is 1. The summed E-state index contributed by atoms with van der Waals surface area (Å²) in [5.41, 5.74) is 0.385. The molecule has 0 saturated carbocycles. The number of hydrogen-bond donors (Lipinski definition) is 0. The molecule has 7 heteroatoms. The summed E-state index contributed by atoms with van der Waals surface area (Å²) in [6.07, 6.45) is 2.08. The van der Waals surface area contributed by atoms with Crippen molar-refractivity contribution in [1.29, 1.82) is 0 Å². The second-order valence-electron chi connectivity index (χ2n) is 7.38. The molecule has 1 aromatic carbocycles. The third-order valence-electron chi connectivity index (χ3n) is 3.98. The number of hydrogen-bond acceptors (Lipinski definition) is 5. The molecule has 0 bridgehead atoms. The first-order valence-corrected chi connectivity index (χ1v) is 9.95. The SMILES string of the molecule is Cc1ccc(S(=O)(=O)OCC2CCCCN2C(=O)OC(C)(C)C)cc1. The van der Waals surface area contributed by atoms with Gasteiger partial charge in [0.25, 0.3) is 10.1 Å². The quantitative estimate of drug-likeness (QED) is 0.760. The Kier molecular flexibility index (Phi) is 6.11. The summed E-state index contributed by atoms with van der Waals surface area (Å²) >= 11 is 0. The van der Waals surface area contributed by atoms with E-state index in [1.807, 2.05) is 27.7 Å². The topological polar surface area (TPSA) is 72.9 Å². The standard InChI is InChI=1S/C18H27NO5S/c1-14-8-10-16(11-9-14)25(21,22)23-13-15-7-5-6-12-19(15)17(20)24-18(2,3)4/h8-11,15H,5-7,12-13H2,1-4H3. The van der Waals surface area contributed by atoms with Gasteiger partial charge in [0.05, 0.1) is 17.5 Å². The largest absolute Gasteiger partial charge is 0.444 e. The van der Waals surface area contributed by atoms with Gasteiger partial charge < -0.3 is 9.64 Å². The molecule has 1 aliphatic heterocycles. The summed E-state index contributed by atoms with van der Waals surface area (Å²) in [7, 11) is -3.84. The van der Waals surface area contributed by atoms with Crippen LogP contribution in [0, 0.1) is 6.92 Å². The van der Waals surface area contributed by atoms with Gasteiger partial charge in [0.15, 0.2) is 0 Å². The van der Waals surface area contributed by atoms with Crippen molar-refractivity contribution in [3.8, 4) is 0 Å². The van der Waals surface area contributed by atoms with E-state index < -0.39 is 21.8 Å². The van der Waals surface area contributed by atoms with Crippen LogP contribution < -0.4 is 0 Å². The number of amides is 1. The molecule has 0 radical (unpaired) electrons. The molecule has 1 heterocycles. The zero-order chi connectivity index (χ0) is 18.7. The lowest BCUT2D eigenvalue weighted by Crippen LogP contribution is -2.48. The molecule has 1 unspecified atom stereocenters. The van der Waals surface area contributed by atoms with E-state index in [0.717, 1.165) is 18.4 Å². The zero-order valence-corrected chi connectivity index (χ0v) is 16.1. The summed E-state index contributed by atoms with van der Waals surface area (Å²) in [5.74, 6) is 0. The first-order chi connectivity index (χ1) is 11.6. The minimum atomic E-state index is -3.84. The molecule has 0 spiro atoms. The molecule has 0 aromatic heterocycles. The Morgan fingerprint density at radius 1 is 1.20 bits per heavy atom. The van der Waals surface area contributed by atoms with E-state index >= 15 is 0 Å². The molecule has 6 nitrogen and oxygen atoms in total. The molecule has 1 atom stereocenters. The Morgan fingerprint density at radius 2 is 1.84 bits per heavy atom. The van der Waals surface area contributed by atoms with Gasteiger partial charge in [-0.2, -0.15) is 8.42 Å². The fourth-order valence-electron chi connectivity index (χ4n) is 2.68. The average molecular weight is 369 g/mol. The van der Waals surface area contributed by atoms with Gasteiger partial charge in [-0.25, -0.2) is 4.79 Å². The molecule has 140 valence electrons. The summed E-state index contributed by atoms with van der Waals surface area (Å²) < 4.78 is 35.3. The number of aryl methyl sites for hydroxylation is 1. The Morgan fingerprint density at radius 3 is 2.44 bits per heavy atom. The fraction of sp³-hybridized carbons (Fsp3) is 0.611. The molecule has 2 rings (SSSR count). The van der Waals surface area contributed by atoms with E-state index in [2.05, 4.69) is 0 Å². The maximum absolute atomic E-state index is 12.4. The summed E-state index contributed by atoms with van der Waals surface area (Å²) in [4.78, 5) is 14.1. The highest BCUT2D eigenvalue weighted by Crippen LogP contribution is 2.22. The zero-order valence-electron chi connectivity index (χ0n) is 15.3. The third kappa shape index (κ3) is 5.71. The van der Waals surface area contributed by atoms with E-state index in [9.17, 15) is 13.2 Å². The minimum Gasteiger partial charge on any atom is -0.444 e. The number of carbonyl (C=O) groups excluding carboxylic acids is 1. The highest BCUT2D eigenvalue weighted by Gasteiger charge is 2.32. The van der Waals surface area contributed by atoms with Crippen LogP contribution in [-0.2, 0) is 19.0 Å². The van der Waals surface area contributed by atoms with Crippen molar-refractivity contribution in [2.24, 2.45) is 0 Å². The minimum absolute atomic E-state index is 0.0601. The fourth-order valence-corrected chi connectivity index (χ4v) is 3.62. The van der Waals surface area contributed by atoms with Crippen LogP contribution in [-0.4, -0.2) is 44.2 Å². The van der Waals surface area contributed by atoms with Gasteiger partial charge in [0, 0.05) is 6.54 Å². The predicted octanol–water partition coefficient (Wildman–Crippen LogP) is 3.49. The van der Waals surface area contributed by atoms with Crippen LogP contribution in [0.15, 0.2) is 29.2 Å². The van der Waals surface area contributed by atoms with Crippen LogP contribution in [0.25, 0.3) is 0 Å². The monoisotopic (exact) mass is 369 g/mol. The van der Waals surface area contributed by atoms with Gasteiger partial charge in [-0.05, 0) is 59.1 Å². The molecule has 0 N–H and O–H groups in total. The number of rotatable bonds is 4. The van der Waals surface area contributed by atoms with Crippen LogP contribution >= 0.6 is 0 Å². The van der Waals surface area contributed by atoms with Gasteiger partial charge in [-0.3, -0.25) is 4.18 Å². The number of piperidine rings is 1. The number of carbonyl (C=O) groups is 1. The summed E-state index contributed by atoms with van der Waals surface area (Å²) in [6.45, 7) is 7.80. The van der Waals surface area contributed by atoms with Gasteiger partial charge >= 0.3 is 6.09 Å². The lowest BCUT2D eigenvalue weighted by Gasteiger charge is -2.36. The molecule has 25 heavy (non-hydrogen) atoms. The summed E-state index contributed by atoms with van der Waals surface area (Å²) in [6, 6.07) is 6.20. The van der Waals surface area contributed by atoms with Gasteiger partial charge in [0.2, 0.25) is 0 Å². The molecule has 1 fully saturated rings. The van der Waals surface area contributed by atoms with Crippen LogP contribution in [0.1, 0.15) is 45.6 Å². The van der Waals surface area contributed by atoms with Crippen molar-refractivity contribution in [2.45, 2.75) is 63.5 Å². The normalized spacial score (nSPS) is 18.9. The average Bonchev–Trinajstić information content (AvgIpc) is 2.52. The molecular formula is C18H27NO5S. The van der Waals surface area contributed by atoms with E-state index in [1.165, 1.54) is 12.1 Å². The van der Waals surface area contributed by atoms with Gasteiger partial charge in [0.1, 0.15) is 5.60 Å². The first-order valence-electron chi connectivity index (χ1n) is 8.54. The maximum atomic E-state index is 12.4. The van der Waals surface area contributed by atoms with E-state index in [4.69, 9.17) is 8.92 Å². The van der Waals surface area contributed by atoms with Crippen molar-refractivity contribution in [2.75, 3.05) is 13.2 Å². The van der Waals surface area contributed by atoms with E-state index in [-0.39, 0.29) is 17.5 Å². The van der Waals surface area contributed by atoms with Crippen molar-refractivity contribution >= 4 is 16.2 Å². The molecule has 1 saturated heterocycles. The van der Waals surface area contributed by atoms with Crippen LogP contribution in [0.2, 0.25) is 0 Å². The van der Waals surface area contributed by atoms with Crippen LogP contribution in [0.3, 0.4) is 0 Å². The van der Waals surface area contributed by atoms with Gasteiger partial charge in [-0.1, -0.05) is 17.7 Å². The van der Waals surface area contributed by atoms with Crippen molar-refractivity contribution in [3.63, 3.8) is 0 Å². The molecule has 0 aliphatic carbocycles. The number of nitrogens with zero attached hydrogens (tertiary/aromatic N) is 1. The smallest absolute Gasteiger partial charge is 0.410 e. The van der Waals surface area contributed by atoms with Gasteiger partial charge in [-0.15, -0.1) is 0 Å². The van der Waals surface area contributed by atoms with Crippen LogP contribution in [0.5, 0.6) is 0 Å².